The second-order valence-electron chi connectivity index (χ2n) is 4.69. The predicted molar refractivity (Wildman–Crippen MR) is 62.1 cm³/mol. The van der Waals surface area contributed by atoms with Crippen LogP contribution < -0.4 is 5.32 Å². The van der Waals surface area contributed by atoms with Crippen molar-refractivity contribution in [2.75, 3.05) is 13.1 Å². The van der Waals surface area contributed by atoms with Gasteiger partial charge in [0.25, 0.3) is 6.43 Å². The van der Waals surface area contributed by atoms with Gasteiger partial charge in [0, 0.05) is 6.20 Å². The number of halogens is 2. The second-order valence-corrected chi connectivity index (χ2v) is 4.69. The molecule has 5 heteroatoms. The van der Waals surface area contributed by atoms with E-state index in [0.717, 1.165) is 37.4 Å². The van der Waals surface area contributed by atoms with Crippen molar-refractivity contribution in [2.24, 2.45) is 5.92 Å². The Kier molecular flexibility index (Phi) is 4.48. The lowest BCUT2D eigenvalue weighted by atomic mass is 9.92. The molecule has 0 bridgehead atoms. The summed E-state index contributed by atoms with van der Waals surface area (Å²) in [5, 5.41) is 7.28. The number of alkyl halides is 2. The summed E-state index contributed by atoms with van der Waals surface area (Å²) in [4.78, 5) is 0. The Hall–Kier alpha value is -0.970. The molecule has 2 heterocycles. The van der Waals surface area contributed by atoms with Crippen molar-refractivity contribution in [1.29, 1.82) is 0 Å². The van der Waals surface area contributed by atoms with Gasteiger partial charge in [0.15, 0.2) is 0 Å². The third-order valence-corrected chi connectivity index (χ3v) is 3.31. The largest absolute Gasteiger partial charge is 0.317 e. The van der Waals surface area contributed by atoms with E-state index >= 15 is 0 Å². The van der Waals surface area contributed by atoms with Gasteiger partial charge < -0.3 is 5.32 Å². The molecule has 3 nitrogen and oxygen atoms in total. The van der Waals surface area contributed by atoms with Crippen LogP contribution in [0.2, 0.25) is 0 Å². The maximum absolute atomic E-state index is 12.1. The Labute approximate surface area is 100 Å². The number of rotatable bonds is 5. The van der Waals surface area contributed by atoms with Crippen molar-refractivity contribution in [3.05, 3.63) is 18.0 Å². The Bertz CT molecular complexity index is 332. The number of aromatic nitrogens is 2. The molecule has 0 aromatic carbocycles. The van der Waals surface area contributed by atoms with Crippen LogP contribution in [-0.4, -0.2) is 29.3 Å². The Balaban J connectivity index is 1.76. The zero-order valence-electron chi connectivity index (χ0n) is 9.91. The lowest BCUT2D eigenvalue weighted by Crippen LogP contribution is -2.27. The van der Waals surface area contributed by atoms with Crippen LogP contribution >= 0.6 is 0 Å². The first-order valence-electron chi connectivity index (χ1n) is 6.24. The highest BCUT2D eigenvalue weighted by molar-refractivity contribution is 5.04. The number of nitrogens with zero attached hydrogens (tertiary/aromatic N) is 2. The summed E-state index contributed by atoms with van der Waals surface area (Å²) < 4.78 is 25.6. The summed E-state index contributed by atoms with van der Waals surface area (Å²) in [7, 11) is 0. The molecule has 1 aromatic heterocycles. The van der Waals surface area contributed by atoms with Crippen LogP contribution in [0.4, 0.5) is 8.78 Å². The Morgan fingerprint density at radius 2 is 2.18 bits per heavy atom. The molecule has 0 spiro atoms. The molecule has 17 heavy (non-hydrogen) atoms. The zero-order valence-corrected chi connectivity index (χ0v) is 9.91. The van der Waals surface area contributed by atoms with Gasteiger partial charge in [-0.3, -0.25) is 4.68 Å². The van der Waals surface area contributed by atoms with E-state index in [-0.39, 0.29) is 6.54 Å². The molecular formula is C12H19F2N3. The Morgan fingerprint density at radius 3 is 2.88 bits per heavy atom. The van der Waals surface area contributed by atoms with E-state index in [4.69, 9.17) is 0 Å². The molecule has 1 aliphatic heterocycles. The van der Waals surface area contributed by atoms with E-state index in [1.165, 1.54) is 17.5 Å². The number of hydrogen-bond acceptors (Lipinski definition) is 2. The van der Waals surface area contributed by atoms with Crippen LogP contribution in [0.1, 0.15) is 24.8 Å². The van der Waals surface area contributed by atoms with E-state index in [1.807, 2.05) is 0 Å². The first-order chi connectivity index (χ1) is 8.24. The molecule has 96 valence electrons. The maximum atomic E-state index is 12.1. The highest BCUT2D eigenvalue weighted by Crippen LogP contribution is 2.18. The van der Waals surface area contributed by atoms with Crippen molar-refractivity contribution >= 4 is 0 Å². The number of hydrogen-bond donors (Lipinski definition) is 1. The predicted octanol–water partition coefficient (Wildman–Crippen LogP) is 2.08. The third kappa shape index (κ3) is 4.07. The van der Waals surface area contributed by atoms with E-state index in [0.29, 0.717) is 0 Å². The van der Waals surface area contributed by atoms with Gasteiger partial charge in [0.1, 0.15) is 6.54 Å². The van der Waals surface area contributed by atoms with Crippen LogP contribution in [0, 0.1) is 5.92 Å². The highest BCUT2D eigenvalue weighted by Gasteiger charge is 2.13. The topological polar surface area (TPSA) is 29.9 Å². The molecule has 2 rings (SSSR count). The fraction of sp³-hybridized carbons (Fsp3) is 0.750. The van der Waals surface area contributed by atoms with Gasteiger partial charge in [-0.1, -0.05) is 0 Å². The summed E-state index contributed by atoms with van der Waals surface area (Å²) >= 11 is 0. The molecule has 0 atom stereocenters. The van der Waals surface area contributed by atoms with E-state index in [1.54, 1.807) is 12.4 Å². The summed E-state index contributed by atoms with van der Waals surface area (Å²) in [6, 6.07) is 0. The van der Waals surface area contributed by atoms with Gasteiger partial charge >= 0.3 is 0 Å². The highest BCUT2D eigenvalue weighted by atomic mass is 19.3. The van der Waals surface area contributed by atoms with E-state index in [9.17, 15) is 8.78 Å². The molecule has 1 aromatic rings. The smallest absolute Gasteiger partial charge is 0.257 e. The van der Waals surface area contributed by atoms with E-state index in [2.05, 4.69) is 10.4 Å². The summed E-state index contributed by atoms with van der Waals surface area (Å²) in [6.45, 7) is 1.91. The van der Waals surface area contributed by atoms with Gasteiger partial charge in [0.2, 0.25) is 0 Å². The maximum Gasteiger partial charge on any atom is 0.257 e. The van der Waals surface area contributed by atoms with Gasteiger partial charge in [-0.05, 0) is 50.3 Å². The third-order valence-electron chi connectivity index (χ3n) is 3.31. The van der Waals surface area contributed by atoms with Crippen molar-refractivity contribution in [2.45, 2.75) is 38.7 Å². The van der Waals surface area contributed by atoms with Crippen molar-refractivity contribution in [1.82, 2.24) is 15.1 Å². The van der Waals surface area contributed by atoms with E-state index < -0.39 is 6.43 Å². The van der Waals surface area contributed by atoms with Crippen LogP contribution in [0.3, 0.4) is 0 Å². The Morgan fingerprint density at radius 1 is 1.41 bits per heavy atom. The minimum absolute atomic E-state index is 0.298. The van der Waals surface area contributed by atoms with Gasteiger partial charge in [-0.25, -0.2) is 8.78 Å². The van der Waals surface area contributed by atoms with Crippen LogP contribution in [-0.2, 0) is 13.0 Å². The minimum Gasteiger partial charge on any atom is -0.317 e. The molecule has 1 fully saturated rings. The molecule has 1 saturated heterocycles. The second kappa shape index (κ2) is 6.10. The first kappa shape index (κ1) is 12.5. The molecule has 1 aliphatic rings. The standard InChI is InChI=1S/C12H19F2N3/c13-12(14)9-17-8-11(7-16-17)2-1-10-3-5-15-6-4-10/h7-8,10,12,15H,1-6,9H2. The summed E-state index contributed by atoms with van der Waals surface area (Å²) in [5.41, 5.74) is 1.07. The van der Waals surface area contributed by atoms with Gasteiger partial charge in [-0.2, -0.15) is 5.10 Å². The lowest BCUT2D eigenvalue weighted by Gasteiger charge is -2.22. The van der Waals surface area contributed by atoms with Crippen molar-refractivity contribution in [3.63, 3.8) is 0 Å². The summed E-state index contributed by atoms with van der Waals surface area (Å²) in [5.74, 6) is 0.773. The monoisotopic (exact) mass is 243 g/mol. The molecule has 0 amide bonds. The van der Waals surface area contributed by atoms with Crippen LogP contribution in [0.5, 0.6) is 0 Å². The molecule has 0 aliphatic carbocycles. The summed E-state index contributed by atoms with van der Waals surface area (Å²) in [6.07, 6.45) is 5.68. The quantitative estimate of drug-likeness (QED) is 0.858. The molecule has 0 radical (unpaired) electrons. The fourth-order valence-electron chi connectivity index (χ4n) is 2.32. The average Bonchev–Trinajstić information content (AvgIpc) is 2.75. The number of piperidine rings is 1. The average molecular weight is 243 g/mol. The lowest BCUT2D eigenvalue weighted by molar-refractivity contribution is 0.122. The van der Waals surface area contributed by atoms with Gasteiger partial charge in [-0.15, -0.1) is 0 Å². The molecule has 0 unspecified atom stereocenters. The van der Waals surface area contributed by atoms with Crippen LogP contribution in [0.25, 0.3) is 0 Å². The molecular weight excluding hydrogens is 224 g/mol. The van der Waals surface area contributed by atoms with Crippen LogP contribution in [0.15, 0.2) is 12.4 Å². The fourth-order valence-corrected chi connectivity index (χ4v) is 2.32. The zero-order chi connectivity index (χ0) is 12.1. The van der Waals surface area contributed by atoms with Crippen molar-refractivity contribution < 1.29 is 8.78 Å². The van der Waals surface area contributed by atoms with Crippen molar-refractivity contribution in [3.8, 4) is 0 Å². The normalized spacial score (nSPS) is 17.8. The molecule has 1 N–H and O–H groups in total. The minimum atomic E-state index is -2.33. The number of aryl methyl sites for hydroxylation is 1. The van der Waals surface area contributed by atoms with Gasteiger partial charge in [0.05, 0.1) is 6.20 Å². The first-order valence-corrected chi connectivity index (χ1v) is 6.24. The molecule has 0 saturated carbocycles. The SMILES string of the molecule is FC(F)Cn1cc(CCC2CCNCC2)cn1. The number of nitrogens with one attached hydrogen (secondary N) is 1.